The molecule has 2 aromatic heterocycles. The molecule has 0 aliphatic carbocycles. The van der Waals surface area contributed by atoms with Crippen LogP contribution in [0.1, 0.15) is 40.8 Å². The molecule has 2 N–H and O–H groups in total. The van der Waals surface area contributed by atoms with Gasteiger partial charge in [-0.2, -0.15) is 0 Å². The summed E-state index contributed by atoms with van der Waals surface area (Å²) in [4.78, 5) is 32.3. The van der Waals surface area contributed by atoms with Crippen molar-refractivity contribution in [1.82, 2.24) is 15.3 Å². The highest BCUT2D eigenvalue weighted by molar-refractivity contribution is 7.11. The second-order valence-corrected chi connectivity index (χ2v) is 7.39. The van der Waals surface area contributed by atoms with Crippen LogP contribution in [-0.2, 0) is 4.74 Å². The zero-order valence-electron chi connectivity index (χ0n) is 15.1. The average molecular weight is 415 g/mol. The largest absolute Gasteiger partial charge is 0.452 e. The lowest BCUT2D eigenvalue weighted by Crippen LogP contribution is -2.45. The summed E-state index contributed by atoms with van der Waals surface area (Å²) in [5.74, 6) is -1.17. The lowest BCUT2D eigenvalue weighted by molar-refractivity contribution is -0.0385. The van der Waals surface area contributed by atoms with Crippen LogP contribution in [-0.4, -0.2) is 46.7 Å². The van der Waals surface area contributed by atoms with Gasteiger partial charge in [-0.15, -0.1) is 11.3 Å². The van der Waals surface area contributed by atoms with Crippen LogP contribution in [0.2, 0.25) is 5.15 Å². The van der Waals surface area contributed by atoms with E-state index in [4.69, 9.17) is 16.3 Å². The fourth-order valence-corrected chi connectivity index (χ4v) is 2.79. The zero-order valence-corrected chi connectivity index (χ0v) is 16.7. The lowest BCUT2D eigenvalue weighted by atomic mass is 10.0. The van der Waals surface area contributed by atoms with Crippen molar-refractivity contribution in [2.24, 2.45) is 0 Å². The Balaban J connectivity index is 1.98. The number of hydrogen-bond donors (Lipinski definition) is 2. The second kappa shape index (κ2) is 9.09. The molecule has 0 spiro atoms. The Hall–Kier alpha value is -2.26. The highest BCUT2D eigenvalue weighted by Gasteiger charge is 2.34. The third kappa shape index (κ3) is 5.61. The van der Waals surface area contributed by atoms with E-state index in [-0.39, 0.29) is 22.1 Å². The number of thiazole rings is 1. The Kier molecular flexibility index (Phi) is 7.09. The van der Waals surface area contributed by atoms with Crippen molar-refractivity contribution < 1.29 is 18.7 Å². The van der Waals surface area contributed by atoms with Gasteiger partial charge in [0.1, 0.15) is 15.6 Å². The van der Waals surface area contributed by atoms with Gasteiger partial charge in [-0.25, -0.2) is 14.2 Å². The summed E-state index contributed by atoms with van der Waals surface area (Å²) >= 11 is 6.94. The van der Waals surface area contributed by atoms with Gasteiger partial charge in [0.25, 0.3) is 5.91 Å². The molecule has 10 heteroatoms. The molecule has 0 aliphatic heterocycles. The highest BCUT2D eigenvalue weighted by Crippen LogP contribution is 2.22. The molecule has 0 saturated heterocycles. The number of anilines is 1. The third-order valence-corrected chi connectivity index (χ3v) is 4.63. The number of carbonyl (C=O) groups is 2. The monoisotopic (exact) mass is 414 g/mol. The number of aromatic nitrogens is 2. The van der Waals surface area contributed by atoms with Gasteiger partial charge in [0.2, 0.25) is 0 Å². The maximum absolute atomic E-state index is 14.6. The standard InChI is InChI=1S/C17H20ClFN4O3S/c1-4-21-11-5-14(18)22-6-10(11)15(24)23-8-13(19)17(2,3)26-16(25)12-7-20-9-27-12/h5-7,9,13H,4,8H2,1-3H3,(H,21,22)(H,23,24). The van der Waals surface area contributed by atoms with Crippen molar-refractivity contribution in [2.45, 2.75) is 32.5 Å². The summed E-state index contributed by atoms with van der Waals surface area (Å²) in [5, 5.41) is 5.74. The Bertz CT molecular complexity index is 801. The molecule has 0 saturated carbocycles. The van der Waals surface area contributed by atoms with Crippen molar-refractivity contribution in [3.63, 3.8) is 0 Å². The molecule has 0 aliphatic rings. The smallest absolute Gasteiger partial charge is 0.350 e. The first kappa shape index (κ1) is 21.0. The molecule has 0 radical (unpaired) electrons. The Morgan fingerprint density at radius 1 is 1.41 bits per heavy atom. The Morgan fingerprint density at radius 2 is 2.15 bits per heavy atom. The van der Waals surface area contributed by atoms with E-state index in [2.05, 4.69) is 20.6 Å². The summed E-state index contributed by atoms with van der Waals surface area (Å²) in [6.45, 7) is 4.99. The van der Waals surface area contributed by atoms with Gasteiger partial charge in [-0.05, 0) is 26.8 Å². The minimum absolute atomic E-state index is 0.238. The van der Waals surface area contributed by atoms with Crippen molar-refractivity contribution in [1.29, 1.82) is 0 Å². The van der Waals surface area contributed by atoms with Gasteiger partial charge in [0.05, 0.1) is 29.5 Å². The number of pyridine rings is 1. The van der Waals surface area contributed by atoms with Gasteiger partial charge in [-0.1, -0.05) is 11.6 Å². The van der Waals surface area contributed by atoms with E-state index in [0.717, 1.165) is 11.3 Å². The molecule has 2 heterocycles. The van der Waals surface area contributed by atoms with Gasteiger partial charge in [-0.3, -0.25) is 9.78 Å². The van der Waals surface area contributed by atoms with Gasteiger partial charge >= 0.3 is 5.97 Å². The first-order valence-corrected chi connectivity index (χ1v) is 9.44. The van der Waals surface area contributed by atoms with E-state index in [1.54, 1.807) is 0 Å². The molecule has 0 bridgehead atoms. The first-order valence-electron chi connectivity index (χ1n) is 8.18. The maximum atomic E-state index is 14.6. The fourth-order valence-electron chi connectivity index (χ4n) is 2.14. The summed E-state index contributed by atoms with van der Waals surface area (Å²) in [6, 6.07) is 1.52. The Morgan fingerprint density at radius 3 is 2.78 bits per heavy atom. The number of hydrogen-bond acceptors (Lipinski definition) is 7. The molecule has 27 heavy (non-hydrogen) atoms. The minimum Gasteiger partial charge on any atom is -0.452 e. The molecule has 0 fully saturated rings. The quantitative estimate of drug-likeness (QED) is 0.508. The number of nitrogens with one attached hydrogen (secondary N) is 2. The van der Waals surface area contributed by atoms with Crippen LogP contribution in [0.5, 0.6) is 0 Å². The van der Waals surface area contributed by atoms with Gasteiger partial charge in [0.15, 0.2) is 6.17 Å². The van der Waals surface area contributed by atoms with Crippen molar-refractivity contribution in [2.75, 3.05) is 18.4 Å². The van der Waals surface area contributed by atoms with Crippen molar-refractivity contribution in [3.05, 3.63) is 39.6 Å². The highest BCUT2D eigenvalue weighted by atomic mass is 35.5. The van der Waals surface area contributed by atoms with E-state index in [1.165, 1.54) is 37.8 Å². The van der Waals surface area contributed by atoms with Crippen LogP contribution in [0, 0.1) is 0 Å². The van der Waals surface area contributed by atoms with E-state index >= 15 is 0 Å². The zero-order chi connectivity index (χ0) is 20.0. The molecule has 1 amide bonds. The molecule has 2 aromatic rings. The van der Waals surface area contributed by atoms with Crippen LogP contribution in [0.4, 0.5) is 10.1 Å². The van der Waals surface area contributed by atoms with Crippen molar-refractivity contribution >= 4 is 40.5 Å². The number of rotatable bonds is 8. The number of esters is 1. The Labute approximate surface area is 165 Å². The van der Waals surface area contributed by atoms with Crippen LogP contribution in [0.3, 0.4) is 0 Å². The SMILES string of the molecule is CCNc1cc(Cl)ncc1C(=O)NCC(F)C(C)(C)OC(=O)c1cncs1. The second-order valence-electron chi connectivity index (χ2n) is 6.12. The number of ether oxygens (including phenoxy) is 1. The predicted molar refractivity (Wildman–Crippen MR) is 102 cm³/mol. The normalized spacial score (nSPS) is 12.3. The third-order valence-electron chi connectivity index (χ3n) is 3.67. The van der Waals surface area contributed by atoms with E-state index in [0.29, 0.717) is 12.2 Å². The molecule has 146 valence electrons. The number of halogens is 2. The predicted octanol–water partition coefficient (Wildman–Crippen LogP) is 3.33. The molecular formula is C17H20ClFN4O3S. The number of amides is 1. The van der Waals surface area contributed by atoms with Crippen LogP contribution in [0.15, 0.2) is 24.0 Å². The van der Waals surface area contributed by atoms with Gasteiger partial charge < -0.3 is 15.4 Å². The topological polar surface area (TPSA) is 93.2 Å². The molecule has 0 aromatic carbocycles. The maximum Gasteiger partial charge on any atom is 0.350 e. The number of carbonyl (C=O) groups excluding carboxylic acids is 2. The number of nitrogens with zero attached hydrogens (tertiary/aromatic N) is 2. The molecular weight excluding hydrogens is 395 g/mol. The average Bonchev–Trinajstić information content (AvgIpc) is 3.14. The van der Waals surface area contributed by atoms with Crippen LogP contribution < -0.4 is 10.6 Å². The van der Waals surface area contributed by atoms with Gasteiger partial charge in [0, 0.05) is 12.7 Å². The van der Waals surface area contributed by atoms with E-state index in [1.807, 2.05) is 6.92 Å². The summed E-state index contributed by atoms with van der Waals surface area (Å²) in [5.41, 5.74) is 0.796. The van der Waals surface area contributed by atoms with Crippen LogP contribution in [0.25, 0.3) is 0 Å². The first-order chi connectivity index (χ1) is 12.7. The summed E-state index contributed by atoms with van der Waals surface area (Å²) in [6.07, 6.45) is 1.05. The lowest BCUT2D eigenvalue weighted by Gasteiger charge is -2.28. The van der Waals surface area contributed by atoms with Crippen molar-refractivity contribution in [3.8, 4) is 0 Å². The number of alkyl halides is 1. The van der Waals surface area contributed by atoms with E-state index < -0.39 is 23.6 Å². The molecule has 1 atom stereocenters. The van der Waals surface area contributed by atoms with E-state index in [9.17, 15) is 14.0 Å². The van der Waals surface area contributed by atoms with Crippen LogP contribution >= 0.6 is 22.9 Å². The summed E-state index contributed by atoms with van der Waals surface area (Å²) in [7, 11) is 0. The summed E-state index contributed by atoms with van der Waals surface area (Å²) < 4.78 is 19.8. The molecule has 7 nitrogen and oxygen atoms in total. The fraction of sp³-hybridized carbons (Fsp3) is 0.412. The molecule has 2 rings (SSSR count). The minimum atomic E-state index is -1.62. The molecule has 1 unspecified atom stereocenters.